The minimum atomic E-state index is -4.82. The number of ether oxygens (including phenoxy) is 2. The fourth-order valence-corrected chi connectivity index (χ4v) is 3.22. The van der Waals surface area contributed by atoms with E-state index >= 15 is 0 Å². The number of benzene rings is 2. The number of thiophene rings is 1. The summed E-state index contributed by atoms with van der Waals surface area (Å²) in [7, 11) is 0. The molecular weight excluding hydrogens is 435 g/mol. The first kappa shape index (κ1) is 22.0. The summed E-state index contributed by atoms with van der Waals surface area (Å²) in [4.78, 5) is 37.4. The van der Waals surface area contributed by atoms with Gasteiger partial charge in [-0.25, -0.2) is 4.79 Å². The molecule has 0 saturated heterocycles. The second-order valence-corrected chi connectivity index (χ2v) is 7.00. The van der Waals surface area contributed by atoms with Gasteiger partial charge in [-0.15, -0.1) is 24.5 Å². The number of carbonyl (C=O) groups is 3. The Morgan fingerprint density at radius 2 is 1.58 bits per heavy atom. The number of ketones is 1. The first-order valence-corrected chi connectivity index (χ1v) is 9.61. The Kier molecular flexibility index (Phi) is 6.71. The zero-order valence-electron chi connectivity index (χ0n) is 15.6. The number of hydrogen-bond donors (Lipinski definition) is 1. The minimum Gasteiger partial charge on any atom is -0.452 e. The van der Waals surface area contributed by atoms with Gasteiger partial charge in [-0.2, -0.15) is 0 Å². The van der Waals surface area contributed by atoms with Crippen molar-refractivity contribution in [3.05, 3.63) is 82.0 Å². The summed E-state index contributed by atoms with van der Waals surface area (Å²) in [5, 5.41) is 4.12. The van der Waals surface area contributed by atoms with Gasteiger partial charge in [0.15, 0.2) is 6.61 Å². The smallest absolute Gasteiger partial charge is 0.452 e. The van der Waals surface area contributed by atoms with Crippen molar-refractivity contribution >= 4 is 34.7 Å². The van der Waals surface area contributed by atoms with Gasteiger partial charge in [-0.1, -0.05) is 24.3 Å². The molecule has 0 saturated carbocycles. The molecule has 3 rings (SSSR count). The van der Waals surface area contributed by atoms with E-state index in [1.807, 2.05) is 0 Å². The molecule has 0 aliphatic rings. The number of carbonyl (C=O) groups excluding carboxylic acids is 3. The minimum absolute atomic E-state index is 0.0161. The molecule has 31 heavy (non-hydrogen) atoms. The van der Waals surface area contributed by atoms with Gasteiger partial charge in [0.25, 0.3) is 5.91 Å². The van der Waals surface area contributed by atoms with Crippen LogP contribution < -0.4 is 10.1 Å². The maximum absolute atomic E-state index is 12.6. The van der Waals surface area contributed by atoms with Crippen molar-refractivity contribution in [2.24, 2.45) is 0 Å². The lowest BCUT2D eigenvalue weighted by Crippen LogP contribution is -2.22. The zero-order valence-corrected chi connectivity index (χ0v) is 16.5. The van der Waals surface area contributed by atoms with Gasteiger partial charge in [-0.05, 0) is 41.8 Å². The van der Waals surface area contributed by atoms with E-state index in [1.54, 1.807) is 29.6 Å². The number of hydrogen-bond acceptors (Lipinski definition) is 6. The fraction of sp³-hybridized carbons (Fsp3) is 0.0952. The van der Waals surface area contributed by atoms with E-state index < -0.39 is 30.6 Å². The van der Waals surface area contributed by atoms with E-state index in [0.29, 0.717) is 4.88 Å². The second kappa shape index (κ2) is 9.43. The molecule has 1 heterocycles. The van der Waals surface area contributed by atoms with Crippen molar-refractivity contribution in [3.8, 4) is 5.75 Å². The molecule has 0 aliphatic heterocycles. The molecule has 0 unspecified atom stereocenters. The molecule has 0 radical (unpaired) electrons. The van der Waals surface area contributed by atoms with Gasteiger partial charge in [0, 0.05) is 11.3 Å². The van der Waals surface area contributed by atoms with E-state index in [4.69, 9.17) is 4.74 Å². The van der Waals surface area contributed by atoms with E-state index in [1.165, 1.54) is 35.6 Å². The molecule has 6 nitrogen and oxygen atoms in total. The molecule has 1 amide bonds. The maximum Gasteiger partial charge on any atom is 0.573 e. The Morgan fingerprint density at radius 1 is 0.903 bits per heavy atom. The van der Waals surface area contributed by atoms with Crippen LogP contribution in [-0.2, 0) is 9.53 Å². The molecule has 0 bridgehead atoms. The Hall–Kier alpha value is -3.66. The van der Waals surface area contributed by atoms with Crippen LogP contribution in [0.4, 0.5) is 18.9 Å². The van der Waals surface area contributed by atoms with Crippen LogP contribution >= 0.6 is 11.3 Å². The average molecular weight is 449 g/mol. The average Bonchev–Trinajstić information content (AvgIpc) is 3.27. The lowest BCUT2D eigenvalue weighted by Gasteiger charge is -2.11. The molecule has 0 spiro atoms. The van der Waals surface area contributed by atoms with Gasteiger partial charge in [0.05, 0.1) is 10.4 Å². The first-order chi connectivity index (χ1) is 14.7. The van der Waals surface area contributed by atoms with Gasteiger partial charge < -0.3 is 14.8 Å². The van der Waals surface area contributed by atoms with Gasteiger partial charge in [0.2, 0.25) is 5.78 Å². The lowest BCUT2D eigenvalue weighted by atomic mass is 10.0. The summed E-state index contributed by atoms with van der Waals surface area (Å²) in [5.74, 6) is -2.35. The van der Waals surface area contributed by atoms with Crippen LogP contribution in [0.1, 0.15) is 25.6 Å². The van der Waals surface area contributed by atoms with E-state index in [9.17, 15) is 27.6 Å². The van der Waals surface area contributed by atoms with Crippen LogP contribution in [0.5, 0.6) is 5.75 Å². The first-order valence-electron chi connectivity index (χ1n) is 8.73. The third-order valence-electron chi connectivity index (χ3n) is 3.84. The molecule has 1 N–H and O–H groups in total. The van der Waals surface area contributed by atoms with Crippen molar-refractivity contribution in [2.45, 2.75) is 6.36 Å². The predicted molar refractivity (Wildman–Crippen MR) is 106 cm³/mol. The molecule has 1 aromatic heterocycles. The summed E-state index contributed by atoms with van der Waals surface area (Å²) in [6.07, 6.45) is -4.82. The number of anilines is 1. The summed E-state index contributed by atoms with van der Waals surface area (Å²) >= 11 is 1.23. The van der Waals surface area contributed by atoms with Crippen molar-refractivity contribution in [2.75, 3.05) is 11.9 Å². The molecule has 10 heteroatoms. The van der Waals surface area contributed by atoms with E-state index in [2.05, 4.69) is 10.1 Å². The monoisotopic (exact) mass is 449 g/mol. The summed E-state index contributed by atoms with van der Waals surface area (Å²) in [6.45, 7) is -0.652. The van der Waals surface area contributed by atoms with Crippen molar-refractivity contribution < 1.29 is 37.0 Å². The van der Waals surface area contributed by atoms with E-state index in [0.717, 1.165) is 12.1 Å². The van der Waals surface area contributed by atoms with Crippen molar-refractivity contribution in [1.82, 2.24) is 0 Å². The molecular formula is C21H14F3NO5S. The zero-order chi connectivity index (χ0) is 22.4. The Balaban J connectivity index is 1.59. The number of halogens is 3. The molecule has 160 valence electrons. The second-order valence-electron chi connectivity index (χ2n) is 6.05. The van der Waals surface area contributed by atoms with Gasteiger partial charge in [-0.3, -0.25) is 9.59 Å². The van der Waals surface area contributed by atoms with Crippen LogP contribution in [0.3, 0.4) is 0 Å². The van der Waals surface area contributed by atoms with Crippen LogP contribution in [0.2, 0.25) is 0 Å². The molecule has 0 aliphatic carbocycles. The number of esters is 1. The Bertz CT molecular complexity index is 1080. The Morgan fingerprint density at radius 3 is 2.19 bits per heavy atom. The summed E-state index contributed by atoms with van der Waals surface area (Å²) < 4.78 is 45.2. The SMILES string of the molecule is O=C(COC(=O)c1ccccc1C(=O)c1cccs1)Nc1ccc(OC(F)(F)F)cc1. The van der Waals surface area contributed by atoms with Crippen LogP contribution in [0.25, 0.3) is 0 Å². The van der Waals surface area contributed by atoms with Crippen LogP contribution in [-0.4, -0.2) is 30.6 Å². The largest absolute Gasteiger partial charge is 0.573 e. The molecule has 3 aromatic rings. The van der Waals surface area contributed by atoms with Gasteiger partial charge >= 0.3 is 12.3 Å². The third-order valence-corrected chi connectivity index (χ3v) is 4.71. The van der Waals surface area contributed by atoms with Crippen LogP contribution in [0.15, 0.2) is 66.0 Å². The summed E-state index contributed by atoms with van der Waals surface area (Å²) in [6, 6.07) is 13.9. The standard InChI is InChI=1S/C21H14F3NO5S/c22-21(23,24)30-14-9-7-13(8-10-14)25-18(26)12-29-20(28)16-5-2-1-4-15(16)19(27)17-6-3-11-31-17/h1-11H,12H2,(H,25,26). The highest BCUT2D eigenvalue weighted by Crippen LogP contribution is 2.24. The highest BCUT2D eigenvalue weighted by molar-refractivity contribution is 7.12. The highest BCUT2D eigenvalue weighted by atomic mass is 32.1. The normalized spacial score (nSPS) is 10.9. The quantitative estimate of drug-likeness (QED) is 0.419. The third kappa shape index (κ3) is 6.16. The topological polar surface area (TPSA) is 81.7 Å². The number of alkyl halides is 3. The van der Waals surface area contributed by atoms with Crippen LogP contribution in [0, 0.1) is 0 Å². The lowest BCUT2D eigenvalue weighted by molar-refractivity contribution is -0.274. The van der Waals surface area contributed by atoms with Crippen molar-refractivity contribution in [1.29, 1.82) is 0 Å². The number of rotatable bonds is 7. The fourth-order valence-electron chi connectivity index (χ4n) is 2.55. The number of nitrogens with one attached hydrogen (secondary N) is 1. The maximum atomic E-state index is 12.6. The van der Waals surface area contributed by atoms with Crippen molar-refractivity contribution in [3.63, 3.8) is 0 Å². The van der Waals surface area contributed by atoms with Gasteiger partial charge in [0.1, 0.15) is 5.75 Å². The van der Waals surface area contributed by atoms with E-state index in [-0.39, 0.29) is 22.6 Å². The predicted octanol–water partition coefficient (Wildman–Crippen LogP) is 4.67. The highest BCUT2D eigenvalue weighted by Gasteiger charge is 2.31. The summed E-state index contributed by atoms with van der Waals surface area (Å²) in [5.41, 5.74) is 0.349. The Labute approximate surface area is 178 Å². The molecule has 0 atom stereocenters. The molecule has 0 fully saturated rings. The molecule has 2 aromatic carbocycles. The number of amides is 1.